The van der Waals surface area contributed by atoms with Crippen molar-refractivity contribution in [3.05, 3.63) is 22.5 Å². The fraction of sp³-hybridized carbons (Fsp3) is 0.600. The lowest BCUT2D eigenvalue weighted by Gasteiger charge is -2.18. The molecule has 0 saturated heterocycles. The molecule has 11 heavy (non-hydrogen) atoms. The molecule has 1 heteroatoms. The van der Waals surface area contributed by atoms with Crippen molar-refractivity contribution in [3.8, 4) is 0 Å². The summed E-state index contributed by atoms with van der Waals surface area (Å²) >= 11 is 0. The van der Waals surface area contributed by atoms with Crippen LogP contribution in [0.25, 0.3) is 0 Å². The lowest BCUT2D eigenvalue weighted by Crippen LogP contribution is -1.99. The second kappa shape index (κ2) is 3.54. The summed E-state index contributed by atoms with van der Waals surface area (Å²) in [6.45, 7) is 6.74. The summed E-state index contributed by atoms with van der Waals surface area (Å²) in [5.74, 6) is 0.725. The average Bonchev–Trinajstić information content (AvgIpc) is 1.94. The first-order valence-electron chi connectivity index (χ1n) is 4.27. The SMILES string of the molecule is CC1=C(P)CCC(C(C)C)=C1. The minimum absolute atomic E-state index is 0.725. The second-order valence-corrected chi connectivity index (χ2v) is 4.28. The Morgan fingerprint density at radius 3 is 2.45 bits per heavy atom. The Labute approximate surface area is 72.0 Å². The van der Waals surface area contributed by atoms with Gasteiger partial charge in [0.15, 0.2) is 0 Å². The van der Waals surface area contributed by atoms with Crippen LogP contribution in [0.15, 0.2) is 22.5 Å². The molecular formula is C10H17P. The first kappa shape index (κ1) is 9.00. The second-order valence-electron chi connectivity index (χ2n) is 3.58. The molecule has 0 amide bonds. The van der Waals surface area contributed by atoms with Crippen molar-refractivity contribution in [2.45, 2.75) is 33.6 Å². The van der Waals surface area contributed by atoms with Gasteiger partial charge in [0.1, 0.15) is 0 Å². The average molecular weight is 168 g/mol. The Morgan fingerprint density at radius 2 is 2.00 bits per heavy atom. The molecule has 0 bridgehead atoms. The van der Waals surface area contributed by atoms with E-state index in [1.165, 1.54) is 23.7 Å². The summed E-state index contributed by atoms with van der Waals surface area (Å²) in [6.07, 6.45) is 4.84. The summed E-state index contributed by atoms with van der Waals surface area (Å²) in [6, 6.07) is 0. The molecule has 0 radical (unpaired) electrons. The minimum atomic E-state index is 0.725. The van der Waals surface area contributed by atoms with E-state index in [9.17, 15) is 0 Å². The van der Waals surface area contributed by atoms with E-state index in [0.29, 0.717) is 0 Å². The predicted octanol–water partition coefficient (Wildman–Crippen LogP) is 3.51. The van der Waals surface area contributed by atoms with E-state index in [2.05, 4.69) is 36.1 Å². The molecule has 62 valence electrons. The standard InChI is InChI=1S/C10H17P/c1-7(2)9-4-5-10(11)8(3)6-9/h6-7H,4-5,11H2,1-3H3. The van der Waals surface area contributed by atoms with Gasteiger partial charge in [-0.05, 0) is 36.6 Å². The number of hydrogen-bond donors (Lipinski definition) is 0. The first-order valence-corrected chi connectivity index (χ1v) is 4.84. The molecule has 1 unspecified atom stereocenters. The van der Waals surface area contributed by atoms with Gasteiger partial charge in [0, 0.05) is 0 Å². The number of allylic oxidation sites excluding steroid dienone is 4. The molecule has 0 aromatic heterocycles. The third-order valence-electron chi connectivity index (χ3n) is 2.33. The Bertz CT molecular complexity index is 209. The predicted molar refractivity (Wildman–Crippen MR) is 54.6 cm³/mol. The lowest BCUT2D eigenvalue weighted by atomic mass is 9.92. The number of hydrogen-bond acceptors (Lipinski definition) is 0. The van der Waals surface area contributed by atoms with Crippen LogP contribution in [0.5, 0.6) is 0 Å². The van der Waals surface area contributed by atoms with E-state index in [4.69, 9.17) is 0 Å². The van der Waals surface area contributed by atoms with Gasteiger partial charge in [-0.3, -0.25) is 0 Å². The molecule has 0 spiro atoms. The van der Waals surface area contributed by atoms with Crippen molar-refractivity contribution >= 4 is 9.24 Å². The monoisotopic (exact) mass is 168 g/mol. The molecule has 1 aliphatic carbocycles. The van der Waals surface area contributed by atoms with Gasteiger partial charge in [-0.15, -0.1) is 9.24 Å². The molecule has 0 N–H and O–H groups in total. The van der Waals surface area contributed by atoms with Crippen LogP contribution in [-0.4, -0.2) is 0 Å². The van der Waals surface area contributed by atoms with Crippen LogP contribution in [0.2, 0.25) is 0 Å². The van der Waals surface area contributed by atoms with E-state index in [1.54, 1.807) is 5.57 Å². The maximum atomic E-state index is 2.83. The summed E-state index contributed by atoms with van der Waals surface area (Å²) in [7, 11) is 2.83. The molecule has 1 rings (SSSR count). The minimum Gasteiger partial charge on any atom is -0.110 e. The Morgan fingerprint density at radius 1 is 1.36 bits per heavy atom. The van der Waals surface area contributed by atoms with Crippen molar-refractivity contribution in [3.63, 3.8) is 0 Å². The van der Waals surface area contributed by atoms with E-state index in [-0.39, 0.29) is 0 Å². The first-order chi connectivity index (χ1) is 5.11. The highest BCUT2D eigenvalue weighted by Crippen LogP contribution is 2.30. The maximum Gasteiger partial charge on any atom is -0.0239 e. The van der Waals surface area contributed by atoms with Gasteiger partial charge < -0.3 is 0 Å². The van der Waals surface area contributed by atoms with Crippen LogP contribution < -0.4 is 0 Å². The van der Waals surface area contributed by atoms with Crippen LogP contribution in [0.4, 0.5) is 0 Å². The third kappa shape index (κ3) is 2.17. The quantitative estimate of drug-likeness (QED) is 0.525. The van der Waals surface area contributed by atoms with Crippen molar-refractivity contribution in [2.24, 2.45) is 5.92 Å². The highest BCUT2D eigenvalue weighted by atomic mass is 31.0. The highest BCUT2D eigenvalue weighted by molar-refractivity contribution is 7.22. The van der Waals surface area contributed by atoms with Crippen LogP contribution in [-0.2, 0) is 0 Å². The molecule has 1 aliphatic rings. The van der Waals surface area contributed by atoms with Gasteiger partial charge in [0.05, 0.1) is 0 Å². The lowest BCUT2D eigenvalue weighted by molar-refractivity contribution is 0.703. The third-order valence-corrected chi connectivity index (χ3v) is 3.08. The van der Waals surface area contributed by atoms with Crippen LogP contribution >= 0.6 is 9.24 Å². The summed E-state index contributed by atoms with van der Waals surface area (Å²) < 4.78 is 0. The van der Waals surface area contributed by atoms with E-state index >= 15 is 0 Å². The van der Waals surface area contributed by atoms with Crippen LogP contribution in [0.1, 0.15) is 33.6 Å². The normalized spacial score (nSPS) is 19.2. The molecule has 0 aromatic carbocycles. The van der Waals surface area contributed by atoms with Crippen molar-refractivity contribution in [1.29, 1.82) is 0 Å². The van der Waals surface area contributed by atoms with E-state index in [1.807, 2.05) is 0 Å². The summed E-state index contributed by atoms with van der Waals surface area (Å²) in [4.78, 5) is 0. The van der Waals surface area contributed by atoms with Crippen molar-refractivity contribution in [1.82, 2.24) is 0 Å². The van der Waals surface area contributed by atoms with Gasteiger partial charge in [-0.25, -0.2) is 0 Å². The van der Waals surface area contributed by atoms with E-state index < -0.39 is 0 Å². The molecule has 0 aliphatic heterocycles. The topological polar surface area (TPSA) is 0 Å². The summed E-state index contributed by atoms with van der Waals surface area (Å²) in [5, 5.41) is 1.48. The van der Waals surface area contributed by atoms with E-state index in [0.717, 1.165) is 5.92 Å². The zero-order valence-electron chi connectivity index (χ0n) is 7.65. The Balaban J connectivity index is 2.81. The summed E-state index contributed by atoms with van der Waals surface area (Å²) in [5.41, 5.74) is 3.05. The zero-order valence-corrected chi connectivity index (χ0v) is 8.80. The van der Waals surface area contributed by atoms with Crippen molar-refractivity contribution in [2.75, 3.05) is 0 Å². The molecule has 0 nitrogen and oxygen atoms in total. The molecule has 0 saturated carbocycles. The molecule has 0 fully saturated rings. The highest BCUT2D eigenvalue weighted by Gasteiger charge is 2.09. The fourth-order valence-electron chi connectivity index (χ4n) is 1.37. The van der Waals surface area contributed by atoms with Crippen LogP contribution in [0.3, 0.4) is 0 Å². The molecule has 1 atom stereocenters. The van der Waals surface area contributed by atoms with Gasteiger partial charge in [-0.2, -0.15) is 0 Å². The molecular weight excluding hydrogens is 151 g/mol. The molecule has 0 aromatic rings. The Hall–Kier alpha value is -0.0900. The fourth-order valence-corrected chi connectivity index (χ4v) is 1.60. The van der Waals surface area contributed by atoms with Gasteiger partial charge in [0.25, 0.3) is 0 Å². The smallest absolute Gasteiger partial charge is 0.0239 e. The zero-order chi connectivity index (χ0) is 8.43. The van der Waals surface area contributed by atoms with Crippen LogP contribution in [0, 0.1) is 5.92 Å². The maximum absolute atomic E-state index is 2.83. The largest absolute Gasteiger partial charge is 0.110 e. The van der Waals surface area contributed by atoms with Gasteiger partial charge in [0.2, 0.25) is 0 Å². The van der Waals surface area contributed by atoms with Crippen molar-refractivity contribution < 1.29 is 0 Å². The number of rotatable bonds is 1. The Kier molecular flexibility index (Phi) is 2.90. The molecule has 0 heterocycles. The van der Waals surface area contributed by atoms with Gasteiger partial charge in [-0.1, -0.05) is 25.5 Å². The van der Waals surface area contributed by atoms with Gasteiger partial charge >= 0.3 is 0 Å².